The highest BCUT2D eigenvalue weighted by atomic mass is 16.5. The second kappa shape index (κ2) is 11.7. The first kappa shape index (κ1) is 25.9. The minimum absolute atomic E-state index is 0.157. The molecular weight excluding hydrogens is 490 g/mol. The number of ether oxygens (including phenoxy) is 3. The summed E-state index contributed by atoms with van der Waals surface area (Å²) >= 11 is 0. The van der Waals surface area contributed by atoms with E-state index < -0.39 is 23.4 Å². The number of carbonyl (C=O) groups excluding carboxylic acids is 2. The number of aromatic amines is 1. The van der Waals surface area contributed by atoms with Crippen molar-refractivity contribution in [2.24, 2.45) is 5.10 Å². The van der Waals surface area contributed by atoms with Crippen LogP contribution in [0.4, 0.5) is 0 Å². The van der Waals surface area contributed by atoms with Gasteiger partial charge in [-0.15, -0.1) is 0 Å². The van der Waals surface area contributed by atoms with Crippen LogP contribution in [0.3, 0.4) is 0 Å². The van der Waals surface area contributed by atoms with Crippen LogP contribution in [0.25, 0.3) is 10.8 Å². The normalized spacial score (nSPS) is 11.7. The van der Waals surface area contributed by atoms with Crippen molar-refractivity contribution in [2.45, 2.75) is 6.04 Å². The SMILES string of the molecule is COc1cc(/C=N\NC(=O)[C@@H](NC(=O)c2ccccc2)c2n[nH]c(=O)c3ccccc23)cc(OC)c1OC. The molecule has 1 aromatic heterocycles. The topological polar surface area (TPSA) is 144 Å². The largest absolute Gasteiger partial charge is 0.493 e. The minimum atomic E-state index is -1.28. The number of fused-ring (bicyclic) bond motifs is 1. The van der Waals surface area contributed by atoms with Crippen molar-refractivity contribution < 1.29 is 23.8 Å². The number of methoxy groups -OCH3 is 3. The summed E-state index contributed by atoms with van der Waals surface area (Å²) < 4.78 is 16.0. The molecule has 194 valence electrons. The van der Waals surface area contributed by atoms with Gasteiger partial charge in [0.25, 0.3) is 17.4 Å². The Hall–Kier alpha value is -5.19. The van der Waals surface area contributed by atoms with E-state index in [2.05, 4.69) is 26.0 Å². The molecule has 0 aliphatic heterocycles. The van der Waals surface area contributed by atoms with Gasteiger partial charge in [-0.3, -0.25) is 14.4 Å². The maximum atomic E-state index is 13.3. The average Bonchev–Trinajstić information content (AvgIpc) is 2.96. The van der Waals surface area contributed by atoms with Crippen LogP contribution in [-0.2, 0) is 4.79 Å². The number of H-pyrrole nitrogens is 1. The Labute approximate surface area is 217 Å². The highest BCUT2D eigenvalue weighted by Gasteiger charge is 2.27. The van der Waals surface area contributed by atoms with Crippen LogP contribution >= 0.6 is 0 Å². The lowest BCUT2D eigenvalue weighted by Gasteiger charge is -2.18. The molecule has 0 spiro atoms. The third-order valence-electron chi connectivity index (χ3n) is 5.65. The minimum Gasteiger partial charge on any atom is -0.493 e. The van der Waals surface area contributed by atoms with Gasteiger partial charge in [0.1, 0.15) is 5.69 Å². The number of amides is 2. The quantitative estimate of drug-likeness (QED) is 0.230. The Kier molecular flexibility index (Phi) is 7.97. The summed E-state index contributed by atoms with van der Waals surface area (Å²) in [7, 11) is 4.47. The molecule has 11 heteroatoms. The van der Waals surface area contributed by atoms with Gasteiger partial charge in [-0.1, -0.05) is 36.4 Å². The van der Waals surface area contributed by atoms with E-state index in [0.29, 0.717) is 39.1 Å². The number of rotatable bonds is 9. The zero-order valence-corrected chi connectivity index (χ0v) is 20.8. The highest BCUT2D eigenvalue weighted by molar-refractivity contribution is 5.99. The van der Waals surface area contributed by atoms with E-state index in [1.54, 1.807) is 66.7 Å². The first-order valence-electron chi connectivity index (χ1n) is 11.4. The standard InChI is InChI=1S/C27H25N5O6/c1-36-20-13-16(14-21(37-2)24(20)38-3)15-28-31-27(35)23(29-25(33)17-9-5-4-6-10-17)22-18-11-7-8-12-19(18)26(34)32-30-22/h4-15,23H,1-3H3,(H,29,33)(H,31,35)(H,32,34)/b28-15-/t23-/m0/s1. The smallest absolute Gasteiger partial charge is 0.272 e. The van der Waals surface area contributed by atoms with Gasteiger partial charge in [0, 0.05) is 16.5 Å². The summed E-state index contributed by atoms with van der Waals surface area (Å²) in [6.45, 7) is 0. The lowest BCUT2D eigenvalue weighted by atomic mass is 10.0. The van der Waals surface area contributed by atoms with Crippen molar-refractivity contribution in [3.63, 3.8) is 0 Å². The summed E-state index contributed by atoms with van der Waals surface area (Å²) in [5.74, 6) is 0.0584. The van der Waals surface area contributed by atoms with Gasteiger partial charge in [-0.2, -0.15) is 10.2 Å². The Morgan fingerprint density at radius 3 is 2.18 bits per heavy atom. The summed E-state index contributed by atoms with van der Waals surface area (Å²) in [5.41, 5.74) is 3.08. The van der Waals surface area contributed by atoms with E-state index in [9.17, 15) is 14.4 Å². The van der Waals surface area contributed by atoms with E-state index in [4.69, 9.17) is 14.2 Å². The Morgan fingerprint density at radius 2 is 1.55 bits per heavy atom. The zero-order chi connectivity index (χ0) is 27.1. The molecule has 38 heavy (non-hydrogen) atoms. The molecule has 2 amide bonds. The van der Waals surface area contributed by atoms with Crippen LogP contribution < -0.4 is 30.5 Å². The van der Waals surface area contributed by atoms with Crippen molar-refractivity contribution in [1.82, 2.24) is 20.9 Å². The third-order valence-corrected chi connectivity index (χ3v) is 5.65. The fraction of sp³-hybridized carbons (Fsp3) is 0.148. The number of aromatic nitrogens is 2. The number of hydrogen-bond donors (Lipinski definition) is 3. The Bertz CT molecular complexity index is 1530. The van der Waals surface area contributed by atoms with Crippen molar-refractivity contribution >= 4 is 28.8 Å². The molecule has 1 atom stereocenters. The fourth-order valence-electron chi connectivity index (χ4n) is 3.83. The lowest BCUT2D eigenvalue weighted by molar-refractivity contribution is -0.123. The van der Waals surface area contributed by atoms with Crippen molar-refractivity contribution in [3.8, 4) is 17.2 Å². The molecule has 4 aromatic rings. The van der Waals surface area contributed by atoms with Gasteiger partial charge in [0.2, 0.25) is 5.75 Å². The van der Waals surface area contributed by atoms with E-state index in [1.165, 1.54) is 27.5 Å². The van der Waals surface area contributed by atoms with Gasteiger partial charge >= 0.3 is 0 Å². The predicted octanol–water partition coefficient (Wildman–Crippen LogP) is 2.57. The first-order chi connectivity index (χ1) is 18.5. The monoisotopic (exact) mass is 515 g/mol. The number of hydrazone groups is 1. The average molecular weight is 516 g/mol. The van der Waals surface area contributed by atoms with Crippen molar-refractivity contribution in [3.05, 3.63) is 93.9 Å². The zero-order valence-electron chi connectivity index (χ0n) is 20.8. The number of benzene rings is 3. The Morgan fingerprint density at radius 1 is 0.921 bits per heavy atom. The molecule has 11 nitrogen and oxygen atoms in total. The molecule has 0 saturated carbocycles. The number of carbonyl (C=O) groups is 2. The Balaban J connectivity index is 1.66. The first-order valence-corrected chi connectivity index (χ1v) is 11.4. The molecule has 1 heterocycles. The predicted molar refractivity (Wildman–Crippen MR) is 141 cm³/mol. The lowest BCUT2D eigenvalue weighted by Crippen LogP contribution is -2.40. The van der Waals surface area contributed by atoms with Crippen LogP contribution in [0, 0.1) is 0 Å². The molecule has 0 aliphatic rings. The maximum absolute atomic E-state index is 13.3. The molecule has 0 saturated heterocycles. The molecule has 3 aromatic carbocycles. The second-order valence-electron chi connectivity index (χ2n) is 7.95. The highest BCUT2D eigenvalue weighted by Crippen LogP contribution is 2.37. The molecule has 3 N–H and O–H groups in total. The molecule has 4 rings (SSSR count). The van der Waals surface area contributed by atoms with E-state index in [0.717, 1.165) is 0 Å². The molecule has 0 bridgehead atoms. The summed E-state index contributed by atoms with van der Waals surface area (Å²) in [6, 6.07) is 17.1. The van der Waals surface area contributed by atoms with Crippen molar-refractivity contribution in [2.75, 3.05) is 21.3 Å². The van der Waals surface area contributed by atoms with Crippen LogP contribution in [0.2, 0.25) is 0 Å². The second-order valence-corrected chi connectivity index (χ2v) is 7.95. The number of hydrogen-bond acceptors (Lipinski definition) is 8. The molecule has 0 radical (unpaired) electrons. The molecular formula is C27H25N5O6. The summed E-state index contributed by atoms with van der Waals surface area (Å²) in [6.07, 6.45) is 1.39. The van der Waals surface area contributed by atoms with Gasteiger partial charge in [-0.05, 0) is 30.3 Å². The molecule has 0 unspecified atom stereocenters. The number of nitrogens with zero attached hydrogens (tertiary/aromatic N) is 2. The number of nitrogens with one attached hydrogen (secondary N) is 3. The van der Waals surface area contributed by atoms with E-state index in [1.807, 2.05) is 0 Å². The third kappa shape index (κ3) is 5.46. The van der Waals surface area contributed by atoms with Crippen LogP contribution in [0.15, 0.2) is 76.6 Å². The fourth-order valence-corrected chi connectivity index (χ4v) is 3.83. The molecule has 0 aliphatic carbocycles. The van der Waals surface area contributed by atoms with Gasteiger partial charge in [-0.25, -0.2) is 10.5 Å². The van der Waals surface area contributed by atoms with Gasteiger partial charge in [0.15, 0.2) is 17.5 Å². The van der Waals surface area contributed by atoms with Crippen molar-refractivity contribution in [1.29, 1.82) is 0 Å². The van der Waals surface area contributed by atoms with Gasteiger partial charge in [0.05, 0.1) is 32.9 Å². The maximum Gasteiger partial charge on any atom is 0.272 e. The summed E-state index contributed by atoms with van der Waals surface area (Å²) in [4.78, 5) is 38.6. The van der Waals surface area contributed by atoms with E-state index in [-0.39, 0.29) is 5.69 Å². The van der Waals surface area contributed by atoms with E-state index >= 15 is 0 Å². The molecule has 0 fully saturated rings. The van der Waals surface area contributed by atoms with Gasteiger partial charge < -0.3 is 19.5 Å². The summed E-state index contributed by atoms with van der Waals surface area (Å²) in [5, 5.41) is 14.0. The van der Waals surface area contributed by atoms with Crippen LogP contribution in [0.5, 0.6) is 17.2 Å². The van der Waals surface area contributed by atoms with Crippen LogP contribution in [-0.4, -0.2) is 49.6 Å². The van der Waals surface area contributed by atoms with Crippen LogP contribution in [0.1, 0.15) is 27.7 Å².